The Kier molecular flexibility index (Phi) is 5.02. The van der Waals surface area contributed by atoms with Crippen molar-refractivity contribution >= 4 is 27.3 Å². The molecular formula is C15H18BrNOS. The maximum absolute atomic E-state index is 5.33. The average Bonchev–Trinajstić information content (AvgIpc) is 2.82. The smallest absolute Gasteiger partial charge is 0.119 e. The van der Waals surface area contributed by atoms with E-state index in [1.54, 1.807) is 18.4 Å². The van der Waals surface area contributed by atoms with Crippen LogP contribution in [0.4, 0.5) is 0 Å². The predicted molar refractivity (Wildman–Crippen MR) is 86.0 cm³/mol. The molecule has 2 rings (SSSR count). The Morgan fingerprint density at radius 2 is 2.05 bits per heavy atom. The van der Waals surface area contributed by atoms with Crippen LogP contribution in [0, 0.1) is 0 Å². The molecule has 0 saturated heterocycles. The normalized spacial score (nSPS) is 11.0. The minimum absolute atomic E-state index is 0.463. The molecule has 0 atom stereocenters. The highest BCUT2D eigenvalue weighted by Crippen LogP contribution is 2.35. The maximum atomic E-state index is 5.33. The number of thiophene rings is 1. The highest BCUT2D eigenvalue weighted by atomic mass is 79.9. The van der Waals surface area contributed by atoms with E-state index in [2.05, 4.69) is 58.0 Å². The summed E-state index contributed by atoms with van der Waals surface area (Å²) in [5.74, 6) is 0.899. The first kappa shape index (κ1) is 14.6. The lowest BCUT2D eigenvalue weighted by Crippen LogP contribution is -2.22. The summed E-state index contributed by atoms with van der Waals surface area (Å²) in [6.45, 7) is 5.15. The standard InChI is InChI=1S/C15H18BrNOS/c1-10(2)17-7-11-6-12(18-3)4-5-13(11)14-8-19-9-15(14)16/h4-6,8-10,17H,7H2,1-3H3. The van der Waals surface area contributed by atoms with Gasteiger partial charge in [-0.1, -0.05) is 19.9 Å². The molecule has 0 unspecified atom stereocenters. The van der Waals surface area contributed by atoms with Crippen LogP contribution in [-0.4, -0.2) is 13.2 Å². The minimum atomic E-state index is 0.463. The summed E-state index contributed by atoms with van der Waals surface area (Å²) in [4.78, 5) is 0. The molecule has 0 spiro atoms. The van der Waals surface area contributed by atoms with Gasteiger partial charge >= 0.3 is 0 Å². The summed E-state index contributed by atoms with van der Waals surface area (Å²) in [5.41, 5.74) is 3.75. The van der Waals surface area contributed by atoms with Crippen LogP contribution in [-0.2, 0) is 6.54 Å². The summed E-state index contributed by atoms with van der Waals surface area (Å²) >= 11 is 5.32. The zero-order valence-electron chi connectivity index (χ0n) is 11.4. The zero-order chi connectivity index (χ0) is 13.8. The van der Waals surface area contributed by atoms with Crippen molar-refractivity contribution in [1.82, 2.24) is 5.32 Å². The average molecular weight is 340 g/mol. The molecule has 0 aliphatic rings. The first-order valence-corrected chi connectivity index (χ1v) is 7.97. The molecule has 0 aliphatic carbocycles. The topological polar surface area (TPSA) is 21.3 Å². The van der Waals surface area contributed by atoms with Gasteiger partial charge in [0.25, 0.3) is 0 Å². The van der Waals surface area contributed by atoms with Gasteiger partial charge in [0.1, 0.15) is 5.75 Å². The van der Waals surface area contributed by atoms with Gasteiger partial charge in [-0.15, -0.1) is 0 Å². The van der Waals surface area contributed by atoms with Crippen molar-refractivity contribution in [3.63, 3.8) is 0 Å². The molecule has 1 N–H and O–H groups in total. The van der Waals surface area contributed by atoms with E-state index >= 15 is 0 Å². The number of hydrogen-bond donors (Lipinski definition) is 1. The van der Waals surface area contributed by atoms with Gasteiger partial charge in [0.2, 0.25) is 0 Å². The molecule has 19 heavy (non-hydrogen) atoms. The molecule has 0 fully saturated rings. The first-order valence-electron chi connectivity index (χ1n) is 6.24. The highest BCUT2D eigenvalue weighted by Gasteiger charge is 2.11. The van der Waals surface area contributed by atoms with Crippen molar-refractivity contribution in [2.45, 2.75) is 26.4 Å². The van der Waals surface area contributed by atoms with E-state index in [-0.39, 0.29) is 0 Å². The van der Waals surface area contributed by atoms with Gasteiger partial charge < -0.3 is 10.1 Å². The predicted octanol–water partition coefficient (Wildman–Crippen LogP) is 4.68. The van der Waals surface area contributed by atoms with Crippen LogP contribution in [0.3, 0.4) is 0 Å². The Labute approximate surface area is 126 Å². The molecule has 0 saturated carbocycles. The Morgan fingerprint density at radius 1 is 1.26 bits per heavy atom. The zero-order valence-corrected chi connectivity index (χ0v) is 13.8. The molecule has 0 radical (unpaired) electrons. The van der Waals surface area contributed by atoms with Crippen LogP contribution >= 0.6 is 27.3 Å². The first-order chi connectivity index (χ1) is 9.11. The number of hydrogen-bond acceptors (Lipinski definition) is 3. The van der Waals surface area contributed by atoms with Gasteiger partial charge in [-0.25, -0.2) is 0 Å². The third-order valence-corrected chi connectivity index (χ3v) is 4.62. The van der Waals surface area contributed by atoms with E-state index in [0.29, 0.717) is 6.04 Å². The maximum Gasteiger partial charge on any atom is 0.119 e. The number of ether oxygens (including phenoxy) is 1. The lowest BCUT2D eigenvalue weighted by atomic mass is 10.0. The molecule has 1 aromatic carbocycles. The van der Waals surface area contributed by atoms with Crippen molar-refractivity contribution < 1.29 is 4.74 Å². The Hall–Kier alpha value is -0.840. The van der Waals surface area contributed by atoms with Gasteiger partial charge in [-0.05, 0) is 44.6 Å². The van der Waals surface area contributed by atoms with Crippen molar-refractivity contribution in [3.8, 4) is 16.9 Å². The lowest BCUT2D eigenvalue weighted by Gasteiger charge is -2.14. The second kappa shape index (κ2) is 6.55. The summed E-state index contributed by atoms with van der Waals surface area (Å²) in [6.07, 6.45) is 0. The largest absolute Gasteiger partial charge is 0.497 e. The van der Waals surface area contributed by atoms with Crippen LogP contribution in [0.5, 0.6) is 5.75 Å². The number of methoxy groups -OCH3 is 1. The molecule has 0 bridgehead atoms. The van der Waals surface area contributed by atoms with Crippen LogP contribution < -0.4 is 10.1 Å². The van der Waals surface area contributed by atoms with E-state index in [0.717, 1.165) is 16.8 Å². The fourth-order valence-electron chi connectivity index (χ4n) is 1.89. The summed E-state index contributed by atoms with van der Waals surface area (Å²) < 4.78 is 6.47. The highest BCUT2D eigenvalue weighted by molar-refractivity contribution is 9.10. The van der Waals surface area contributed by atoms with Crippen molar-refractivity contribution in [2.24, 2.45) is 0 Å². The van der Waals surface area contributed by atoms with E-state index in [1.165, 1.54) is 16.7 Å². The van der Waals surface area contributed by atoms with Gasteiger partial charge in [0.05, 0.1) is 7.11 Å². The van der Waals surface area contributed by atoms with Crippen LogP contribution in [0.25, 0.3) is 11.1 Å². The second-order valence-electron chi connectivity index (χ2n) is 4.69. The Morgan fingerprint density at radius 3 is 2.63 bits per heavy atom. The second-order valence-corrected chi connectivity index (χ2v) is 6.29. The van der Waals surface area contributed by atoms with E-state index in [1.807, 2.05) is 6.07 Å². The molecule has 0 amide bonds. The third kappa shape index (κ3) is 3.59. The number of nitrogens with one attached hydrogen (secondary N) is 1. The molecule has 0 aliphatic heterocycles. The molecule has 102 valence electrons. The molecule has 4 heteroatoms. The molecule has 1 heterocycles. The fourth-order valence-corrected chi connectivity index (χ4v) is 3.40. The molecule has 2 nitrogen and oxygen atoms in total. The van der Waals surface area contributed by atoms with Gasteiger partial charge in [-0.3, -0.25) is 0 Å². The summed E-state index contributed by atoms with van der Waals surface area (Å²) in [5, 5.41) is 7.75. The van der Waals surface area contributed by atoms with E-state index in [4.69, 9.17) is 4.74 Å². The van der Waals surface area contributed by atoms with E-state index in [9.17, 15) is 0 Å². The molecule has 1 aromatic heterocycles. The fraction of sp³-hybridized carbons (Fsp3) is 0.333. The third-order valence-electron chi connectivity index (χ3n) is 2.92. The van der Waals surface area contributed by atoms with Crippen molar-refractivity contribution in [3.05, 3.63) is 39.0 Å². The SMILES string of the molecule is COc1ccc(-c2cscc2Br)c(CNC(C)C)c1. The Bertz CT molecular complexity index is 551. The molecule has 2 aromatic rings. The summed E-state index contributed by atoms with van der Waals surface area (Å²) in [7, 11) is 1.70. The minimum Gasteiger partial charge on any atom is -0.497 e. The quantitative estimate of drug-likeness (QED) is 0.853. The number of halogens is 1. The number of benzene rings is 1. The Balaban J connectivity index is 2.39. The lowest BCUT2D eigenvalue weighted by molar-refractivity contribution is 0.414. The van der Waals surface area contributed by atoms with Gasteiger partial charge in [0, 0.05) is 28.0 Å². The van der Waals surface area contributed by atoms with Gasteiger partial charge in [0.15, 0.2) is 0 Å². The van der Waals surface area contributed by atoms with Crippen LogP contribution in [0.15, 0.2) is 33.4 Å². The van der Waals surface area contributed by atoms with Crippen LogP contribution in [0.2, 0.25) is 0 Å². The summed E-state index contributed by atoms with van der Waals surface area (Å²) in [6, 6.07) is 6.71. The monoisotopic (exact) mass is 339 g/mol. The van der Waals surface area contributed by atoms with Crippen molar-refractivity contribution in [1.29, 1.82) is 0 Å². The van der Waals surface area contributed by atoms with Crippen molar-refractivity contribution in [2.75, 3.05) is 7.11 Å². The van der Waals surface area contributed by atoms with E-state index < -0.39 is 0 Å². The van der Waals surface area contributed by atoms with Gasteiger partial charge in [-0.2, -0.15) is 11.3 Å². The molecular weight excluding hydrogens is 322 g/mol. The van der Waals surface area contributed by atoms with Crippen LogP contribution in [0.1, 0.15) is 19.4 Å². The number of rotatable bonds is 5.